The van der Waals surface area contributed by atoms with E-state index < -0.39 is 0 Å². The molecule has 1 aromatic carbocycles. The number of halogens is 1. The SMILES string of the molecule is CCOc1ccc(CCC2CCN(C(=O)c3n[nH]c4c3CNCC4)CC2)cc1.Cl. The Balaban J connectivity index is 0.00000240. The summed E-state index contributed by atoms with van der Waals surface area (Å²) in [6, 6.07) is 8.44. The van der Waals surface area contributed by atoms with Crippen LogP contribution in [0.3, 0.4) is 0 Å². The van der Waals surface area contributed by atoms with Crippen LogP contribution in [0.5, 0.6) is 5.75 Å². The monoisotopic (exact) mass is 418 g/mol. The zero-order valence-corrected chi connectivity index (χ0v) is 17.9. The van der Waals surface area contributed by atoms with Crippen molar-refractivity contribution in [3.8, 4) is 5.75 Å². The molecule has 0 spiro atoms. The number of hydrogen-bond donors (Lipinski definition) is 2. The zero-order chi connectivity index (χ0) is 19.3. The average molecular weight is 419 g/mol. The predicted molar refractivity (Wildman–Crippen MR) is 116 cm³/mol. The summed E-state index contributed by atoms with van der Waals surface area (Å²) in [5.41, 5.74) is 4.16. The van der Waals surface area contributed by atoms with E-state index in [9.17, 15) is 4.79 Å². The standard InChI is InChI=1S/C22H30N4O2.ClH/c1-2-28-18-7-5-16(6-8-18)3-4-17-10-13-26(14-11-17)22(27)21-19-15-23-12-9-20(19)24-25-21;/h5-8,17,23H,2-4,9-15H2,1H3,(H,24,25);1H. The van der Waals surface area contributed by atoms with E-state index >= 15 is 0 Å². The van der Waals surface area contributed by atoms with Gasteiger partial charge in [0.1, 0.15) is 5.75 Å². The van der Waals surface area contributed by atoms with Gasteiger partial charge in [0.2, 0.25) is 0 Å². The van der Waals surface area contributed by atoms with Gasteiger partial charge in [-0.05, 0) is 56.2 Å². The molecule has 1 fully saturated rings. The Hall–Kier alpha value is -2.05. The topological polar surface area (TPSA) is 70.2 Å². The fourth-order valence-electron chi connectivity index (χ4n) is 4.27. The maximum absolute atomic E-state index is 12.9. The number of likely N-dealkylation sites (tertiary alicyclic amines) is 1. The van der Waals surface area contributed by atoms with Gasteiger partial charge >= 0.3 is 0 Å². The molecule has 1 amide bonds. The summed E-state index contributed by atoms with van der Waals surface area (Å²) in [7, 11) is 0. The Labute approximate surface area is 178 Å². The van der Waals surface area contributed by atoms with E-state index in [2.05, 4.69) is 39.8 Å². The number of nitrogens with one attached hydrogen (secondary N) is 2. The van der Waals surface area contributed by atoms with Crippen LogP contribution in [0.4, 0.5) is 0 Å². The van der Waals surface area contributed by atoms with E-state index in [0.717, 1.165) is 68.9 Å². The Bertz CT molecular complexity index is 798. The lowest BCUT2D eigenvalue weighted by molar-refractivity contribution is 0.0679. The Morgan fingerprint density at radius 3 is 2.72 bits per heavy atom. The normalized spacial score (nSPS) is 16.8. The number of aryl methyl sites for hydroxylation is 1. The molecule has 0 bridgehead atoms. The van der Waals surface area contributed by atoms with Crippen LogP contribution < -0.4 is 10.1 Å². The second kappa shape index (κ2) is 10.1. The van der Waals surface area contributed by atoms with Crippen LogP contribution in [0.15, 0.2) is 24.3 Å². The highest BCUT2D eigenvalue weighted by molar-refractivity contribution is 5.94. The van der Waals surface area contributed by atoms with Gasteiger partial charge in [0, 0.05) is 43.9 Å². The van der Waals surface area contributed by atoms with Crippen LogP contribution >= 0.6 is 12.4 Å². The van der Waals surface area contributed by atoms with Gasteiger partial charge in [0.05, 0.1) is 6.61 Å². The third kappa shape index (κ3) is 5.11. The first-order valence-electron chi connectivity index (χ1n) is 10.5. The number of H-pyrrole nitrogens is 1. The Morgan fingerprint density at radius 2 is 2.00 bits per heavy atom. The van der Waals surface area contributed by atoms with Gasteiger partial charge in [-0.2, -0.15) is 5.10 Å². The fraction of sp³-hybridized carbons (Fsp3) is 0.545. The van der Waals surface area contributed by atoms with Gasteiger partial charge in [-0.3, -0.25) is 9.89 Å². The number of rotatable bonds is 6. The molecule has 2 aliphatic rings. The van der Waals surface area contributed by atoms with Crippen molar-refractivity contribution in [1.82, 2.24) is 20.4 Å². The number of carbonyl (C=O) groups excluding carboxylic acids is 1. The highest BCUT2D eigenvalue weighted by atomic mass is 35.5. The first-order valence-corrected chi connectivity index (χ1v) is 10.5. The zero-order valence-electron chi connectivity index (χ0n) is 17.1. The highest BCUT2D eigenvalue weighted by Gasteiger charge is 2.28. The second-order valence-corrected chi connectivity index (χ2v) is 7.81. The van der Waals surface area contributed by atoms with E-state index in [4.69, 9.17) is 4.74 Å². The Kier molecular flexibility index (Phi) is 7.56. The lowest BCUT2D eigenvalue weighted by Crippen LogP contribution is -2.39. The average Bonchev–Trinajstić information content (AvgIpc) is 3.17. The molecule has 2 aromatic rings. The molecule has 1 saturated heterocycles. The molecule has 6 nitrogen and oxygen atoms in total. The van der Waals surface area contributed by atoms with Gasteiger partial charge in [-0.1, -0.05) is 12.1 Å². The minimum absolute atomic E-state index is 0. The number of ether oxygens (including phenoxy) is 1. The number of hydrogen-bond acceptors (Lipinski definition) is 4. The van der Waals surface area contributed by atoms with Gasteiger partial charge < -0.3 is 15.0 Å². The van der Waals surface area contributed by atoms with E-state index in [1.807, 2.05) is 11.8 Å². The number of aromatic nitrogens is 2. The number of nitrogens with zero attached hydrogens (tertiary/aromatic N) is 2. The van der Waals surface area contributed by atoms with Crippen LogP contribution in [0, 0.1) is 5.92 Å². The highest BCUT2D eigenvalue weighted by Crippen LogP contribution is 2.25. The molecule has 158 valence electrons. The predicted octanol–water partition coefficient (Wildman–Crippen LogP) is 3.36. The van der Waals surface area contributed by atoms with E-state index in [0.29, 0.717) is 18.2 Å². The summed E-state index contributed by atoms with van der Waals surface area (Å²) in [4.78, 5) is 14.9. The van der Waals surface area contributed by atoms with Gasteiger partial charge in [0.25, 0.3) is 5.91 Å². The molecule has 29 heavy (non-hydrogen) atoms. The number of carbonyl (C=O) groups is 1. The summed E-state index contributed by atoms with van der Waals surface area (Å²) < 4.78 is 5.51. The molecule has 0 aliphatic carbocycles. The van der Waals surface area contributed by atoms with Gasteiger partial charge in [-0.25, -0.2) is 0 Å². The first-order chi connectivity index (χ1) is 13.7. The molecule has 1 aromatic heterocycles. The lowest BCUT2D eigenvalue weighted by Gasteiger charge is -2.32. The van der Waals surface area contributed by atoms with Crippen molar-refractivity contribution in [2.24, 2.45) is 5.92 Å². The van der Waals surface area contributed by atoms with Crippen LogP contribution in [-0.4, -0.2) is 47.2 Å². The maximum atomic E-state index is 12.9. The van der Waals surface area contributed by atoms with Crippen molar-refractivity contribution in [3.05, 3.63) is 46.8 Å². The second-order valence-electron chi connectivity index (χ2n) is 7.81. The molecule has 0 atom stereocenters. The quantitative estimate of drug-likeness (QED) is 0.754. The molecule has 2 N–H and O–H groups in total. The number of fused-ring (bicyclic) bond motifs is 1. The Morgan fingerprint density at radius 1 is 1.24 bits per heavy atom. The molecule has 7 heteroatoms. The maximum Gasteiger partial charge on any atom is 0.274 e. The van der Waals surface area contributed by atoms with E-state index in [-0.39, 0.29) is 18.3 Å². The summed E-state index contributed by atoms with van der Waals surface area (Å²) in [5.74, 6) is 1.71. The number of aromatic amines is 1. The largest absolute Gasteiger partial charge is 0.494 e. The van der Waals surface area contributed by atoms with Crippen molar-refractivity contribution < 1.29 is 9.53 Å². The third-order valence-electron chi connectivity index (χ3n) is 5.99. The first kappa shape index (κ1) is 21.7. The molecular weight excluding hydrogens is 388 g/mol. The van der Waals surface area contributed by atoms with Crippen molar-refractivity contribution in [3.63, 3.8) is 0 Å². The van der Waals surface area contributed by atoms with Crippen LogP contribution in [-0.2, 0) is 19.4 Å². The van der Waals surface area contributed by atoms with E-state index in [1.165, 1.54) is 12.0 Å². The third-order valence-corrected chi connectivity index (χ3v) is 5.99. The van der Waals surface area contributed by atoms with Gasteiger partial charge in [0.15, 0.2) is 5.69 Å². The summed E-state index contributed by atoms with van der Waals surface area (Å²) in [6.45, 7) is 6.06. The molecular formula is C22H31ClN4O2. The van der Waals surface area contributed by atoms with Gasteiger partial charge in [-0.15, -0.1) is 12.4 Å². The van der Waals surface area contributed by atoms with Crippen molar-refractivity contribution in [2.75, 3.05) is 26.2 Å². The number of benzene rings is 1. The molecule has 2 aliphatic heterocycles. The van der Waals surface area contributed by atoms with E-state index in [1.54, 1.807) is 0 Å². The number of piperidine rings is 1. The summed E-state index contributed by atoms with van der Waals surface area (Å²) >= 11 is 0. The summed E-state index contributed by atoms with van der Waals surface area (Å²) in [6.07, 6.45) is 5.34. The van der Waals surface area contributed by atoms with Crippen LogP contribution in [0.1, 0.15) is 53.5 Å². The smallest absolute Gasteiger partial charge is 0.274 e. The molecule has 0 saturated carbocycles. The van der Waals surface area contributed by atoms with Crippen LogP contribution in [0.25, 0.3) is 0 Å². The molecule has 0 unspecified atom stereocenters. The van der Waals surface area contributed by atoms with Crippen molar-refractivity contribution in [1.29, 1.82) is 0 Å². The molecule has 3 heterocycles. The summed E-state index contributed by atoms with van der Waals surface area (Å²) in [5, 5.41) is 10.7. The minimum atomic E-state index is 0. The molecule has 0 radical (unpaired) electrons. The van der Waals surface area contributed by atoms with Crippen molar-refractivity contribution in [2.45, 2.75) is 45.6 Å². The fourth-order valence-corrected chi connectivity index (χ4v) is 4.27. The van der Waals surface area contributed by atoms with Crippen LogP contribution in [0.2, 0.25) is 0 Å². The lowest BCUT2D eigenvalue weighted by atomic mass is 9.90. The van der Waals surface area contributed by atoms with Crippen molar-refractivity contribution >= 4 is 18.3 Å². The molecule has 4 rings (SSSR count). The minimum Gasteiger partial charge on any atom is -0.494 e. The number of amides is 1.